The molecule has 0 radical (unpaired) electrons. The van der Waals surface area contributed by atoms with Gasteiger partial charge < -0.3 is 15.4 Å². The molecule has 5 nitrogen and oxygen atoms in total. The molecule has 1 aromatic heterocycles. The highest BCUT2D eigenvalue weighted by Gasteiger charge is 2.03. The van der Waals surface area contributed by atoms with E-state index in [0.29, 0.717) is 6.54 Å². The standard InChI is InChI=1S/C22H23N3O2/c1-16-15-19(12-14-23-16)18-5-7-20(8-6-18)25-22(26)24-13-11-17-3-9-21(27-2)10-4-17/h3-10,12,14-15H,11,13H2,1-2H3,(H2,24,25,26). The molecule has 0 aliphatic rings. The van der Waals surface area contributed by atoms with Gasteiger partial charge in [-0.2, -0.15) is 0 Å². The number of hydrogen-bond acceptors (Lipinski definition) is 3. The van der Waals surface area contributed by atoms with Crippen LogP contribution in [0.1, 0.15) is 11.3 Å². The summed E-state index contributed by atoms with van der Waals surface area (Å²) in [5.74, 6) is 0.829. The van der Waals surface area contributed by atoms with E-state index in [1.54, 1.807) is 13.3 Å². The number of pyridine rings is 1. The molecule has 2 N–H and O–H groups in total. The number of methoxy groups -OCH3 is 1. The molecule has 5 heteroatoms. The number of aromatic nitrogens is 1. The average molecular weight is 361 g/mol. The third-order valence-corrected chi connectivity index (χ3v) is 4.23. The van der Waals surface area contributed by atoms with E-state index in [-0.39, 0.29) is 6.03 Å². The molecule has 0 aliphatic carbocycles. The molecule has 2 amide bonds. The van der Waals surface area contributed by atoms with Crippen molar-refractivity contribution in [2.24, 2.45) is 0 Å². The summed E-state index contributed by atoms with van der Waals surface area (Å²) in [7, 11) is 1.64. The molecule has 0 saturated heterocycles. The van der Waals surface area contributed by atoms with Crippen molar-refractivity contribution in [1.82, 2.24) is 10.3 Å². The molecule has 0 fully saturated rings. The molecular formula is C22H23N3O2. The van der Waals surface area contributed by atoms with Crippen molar-refractivity contribution in [2.45, 2.75) is 13.3 Å². The maximum atomic E-state index is 12.1. The predicted octanol–water partition coefficient (Wildman–Crippen LogP) is 4.43. The lowest BCUT2D eigenvalue weighted by molar-refractivity contribution is 0.252. The second-order valence-corrected chi connectivity index (χ2v) is 6.24. The summed E-state index contributed by atoms with van der Waals surface area (Å²) < 4.78 is 5.14. The van der Waals surface area contributed by atoms with Crippen LogP contribution in [0.3, 0.4) is 0 Å². The molecule has 0 spiro atoms. The monoisotopic (exact) mass is 361 g/mol. The number of anilines is 1. The van der Waals surface area contributed by atoms with Crippen molar-refractivity contribution in [1.29, 1.82) is 0 Å². The number of carbonyl (C=O) groups is 1. The van der Waals surface area contributed by atoms with E-state index in [2.05, 4.69) is 15.6 Å². The maximum absolute atomic E-state index is 12.1. The summed E-state index contributed by atoms with van der Waals surface area (Å²) in [6.45, 7) is 2.53. The van der Waals surface area contributed by atoms with Gasteiger partial charge in [-0.05, 0) is 66.4 Å². The molecule has 0 unspecified atom stereocenters. The topological polar surface area (TPSA) is 63.2 Å². The molecule has 0 atom stereocenters. The fourth-order valence-corrected chi connectivity index (χ4v) is 2.76. The van der Waals surface area contributed by atoms with Gasteiger partial charge >= 0.3 is 6.03 Å². The Balaban J connectivity index is 1.48. The SMILES string of the molecule is COc1ccc(CCNC(=O)Nc2ccc(-c3ccnc(C)c3)cc2)cc1. The Morgan fingerprint density at radius 3 is 2.41 bits per heavy atom. The average Bonchev–Trinajstić information content (AvgIpc) is 2.69. The normalized spacial score (nSPS) is 10.3. The van der Waals surface area contributed by atoms with Crippen molar-refractivity contribution in [3.8, 4) is 16.9 Å². The Labute approximate surface area is 159 Å². The van der Waals surface area contributed by atoms with Gasteiger partial charge in [0.25, 0.3) is 0 Å². The summed E-state index contributed by atoms with van der Waals surface area (Å²) in [4.78, 5) is 16.3. The van der Waals surface area contributed by atoms with Crippen LogP contribution in [0, 0.1) is 6.92 Å². The number of benzene rings is 2. The van der Waals surface area contributed by atoms with Crippen LogP contribution in [-0.4, -0.2) is 24.7 Å². The number of amides is 2. The lowest BCUT2D eigenvalue weighted by Crippen LogP contribution is -2.30. The molecule has 3 rings (SSSR count). The minimum absolute atomic E-state index is 0.212. The number of hydrogen-bond donors (Lipinski definition) is 2. The molecule has 138 valence electrons. The van der Waals surface area contributed by atoms with Crippen molar-refractivity contribution >= 4 is 11.7 Å². The summed E-state index contributed by atoms with van der Waals surface area (Å²) in [6.07, 6.45) is 2.56. The highest BCUT2D eigenvalue weighted by atomic mass is 16.5. The molecule has 0 saturated carbocycles. The Morgan fingerprint density at radius 2 is 1.74 bits per heavy atom. The number of urea groups is 1. The largest absolute Gasteiger partial charge is 0.497 e. The number of aryl methyl sites for hydroxylation is 1. The first-order valence-corrected chi connectivity index (χ1v) is 8.85. The van der Waals surface area contributed by atoms with Gasteiger partial charge in [-0.1, -0.05) is 24.3 Å². The van der Waals surface area contributed by atoms with Gasteiger partial charge in [-0.15, -0.1) is 0 Å². The van der Waals surface area contributed by atoms with Gasteiger partial charge in [0.2, 0.25) is 0 Å². The number of ether oxygens (including phenoxy) is 1. The lowest BCUT2D eigenvalue weighted by atomic mass is 10.1. The van der Waals surface area contributed by atoms with Gasteiger partial charge in [0.1, 0.15) is 5.75 Å². The summed E-state index contributed by atoms with van der Waals surface area (Å²) in [5.41, 5.74) is 5.08. The van der Waals surface area contributed by atoms with E-state index in [9.17, 15) is 4.79 Å². The number of nitrogens with zero attached hydrogens (tertiary/aromatic N) is 1. The van der Waals surface area contributed by atoms with Crippen LogP contribution in [0.15, 0.2) is 66.9 Å². The molecule has 0 bridgehead atoms. The molecule has 2 aromatic carbocycles. The lowest BCUT2D eigenvalue weighted by Gasteiger charge is -2.09. The molecule has 0 aliphatic heterocycles. The van der Waals surface area contributed by atoms with Crippen LogP contribution in [0.25, 0.3) is 11.1 Å². The Kier molecular flexibility index (Phi) is 6.05. The minimum Gasteiger partial charge on any atom is -0.497 e. The summed E-state index contributed by atoms with van der Waals surface area (Å²) >= 11 is 0. The van der Waals surface area contributed by atoms with E-state index < -0.39 is 0 Å². The van der Waals surface area contributed by atoms with Crippen molar-refractivity contribution in [2.75, 3.05) is 19.0 Å². The van der Waals surface area contributed by atoms with Crippen molar-refractivity contribution in [3.63, 3.8) is 0 Å². The molecule has 1 heterocycles. The van der Waals surface area contributed by atoms with Gasteiger partial charge in [0, 0.05) is 24.1 Å². The highest BCUT2D eigenvalue weighted by Crippen LogP contribution is 2.21. The highest BCUT2D eigenvalue weighted by molar-refractivity contribution is 5.89. The van der Waals surface area contributed by atoms with Crippen LogP contribution < -0.4 is 15.4 Å². The van der Waals surface area contributed by atoms with E-state index in [0.717, 1.165) is 40.2 Å². The van der Waals surface area contributed by atoms with Gasteiger partial charge in [-0.25, -0.2) is 4.79 Å². The zero-order chi connectivity index (χ0) is 19.1. The first-order chi connectivity index (χ1) is 13.1. The quantitative estimate of drug-likeness (QED) is 0.683. The number of carbonyl (C=O) groups excluding carboxylic acids is 1. The van der Waals surface area contributed by atoms with Gasteiger partial charge in [-0.3, -0.25) is 4.98 Å². The molecular weight excluding hydrogens is 338 g/mol. The first-order valence-electron chi connectivity index (χ1n) is 8.85. The van der Waals surface area contributed by atoms with E-state index in [1.807, 2.05) is 67.6 Å². The van der Waals surface area contributed by atoms with E-state index >= 15 is 0 Å². The van der Waals surface area contributed by atoms with Crippen LogP contribution in [0.2, 0.25) is 0 Å². The predicted molar refractivity (Wildman–Crippen MR) is 108 cm³/mol. The van der Waals surface area contributed by atoms with Gasteiger partial charge in [0.05, 0.1) is 7.11 Å². The zero-order valence-electron chi connectivity index (χ0n) is 15.5. The minimum atomic E-state index is -0.212. The smallest absolute Gasteiger partial charge is 0.319 e. The zero-order valence-corrected chi connectivity index (χ0v) is 15.5. The Hall–Kier alpha value is -3.34. The maximum Gasteiger partial charge on any atom is 0.319 e. The summed E-state index contributed by atoms with van der Waals surface area (Å²) in [6, 6.07) is 19.4. The third kappa shape index (κ3) is 5.31. The van der Waals surface area contributed by atoms with Crippen molar-refractivity contribution in [3.05, 3.63) is 78.1 Å². The van der Waals surface area contributed by atoms with E-state index in [1.165, 1.54) is 0 Å². The number of rotatable bonds is 6. The van der Waals surface area contributed by atoms with Crippen LogP contribution in [0.5, 0.6) is 5.75 Å². The van der Waals surface area contributed by atoms with Crippen LogP contribution in [-0.2, 0) is 6.42 Å². The molecule has 3 aromatic rings. The second kappa shape index (κ2) is 8.85. The Bertz CT molecular complexity index is 890. The first kappa shape index (κ1) is 18.5. The van der Waals surface area contributed by atoms with Crippen molar-refractivity contribution < 1.29 is 9.53 Å². The van der Waals surface area contributed by atoms with E-state index in [4.69, 9.17) is 4.74 Å². The fourth-order valence-electron chi connectivity index (χ4n) is 2.76. The molecule has 27 heavy (non-hydrogen) atoms. The van der Waals surface area contributed by atoms with Gasteiger partial charge in [0.15, 0.2) is 0 Å². The third-order valence-electron chi connectivity index (χ3n) is 4.23. The summed E-state index contributed by atoms with van der Waals surface area (Å²) in [5, 5.41) is 5.73. The fraction of sp³-hybridized carbons (Fsp3) is 0.182. The number of nitrogens with one attached hydrogen (secondary N) is 2. The Morgan fingerprint density at radius 1 is 1.00 bits per heavy atom. The van der Waals surface area contributed by atoms with Crippen LogP contribution in [0.4, 0.5) is 10.5 Å². The van der Waals surface area contributed by atoms with Crippen LogP contribution >= 0.6 is 0 Å². The second-order valence-electron chi connectivity index (χ2n) is 6.24.